The van der Waals surface area contributed by atoms with Gasteiger partial charge < -0.3 is 9.47 Å². The predicted molar refractivity (Wildman–Crippen MR) is 122 cm³/mol. The van der Waals surface area contributed by atoms with Crippen LogP contribution in [0, 0.1) is 5.41 Å². The first kappa shape index (κ1) is 22.6. The molecule has 30 heavy (non-hydrogen) atoms. The molecule has 0 heterocycles. The SMILES string of the molecule is CCOC1Cc2cc(C(C)CC(C)(CC(CC)c3ccccc3)C(=O)OC)ccc21. The molecule has 4 atom stereocenters. The molecule has 3 rings (SSSR count). The van der Waals surface area contributed by atoms with Crippen molar-refractivity contribution < 1.29 is 14.3 Å². The molecule has 3 nitrogen and oxygen atoms in total. The normalized spacial score (nSPS) is 19.2. The fourth-order valence-corrected chi connectivity index (χ4v) is 5.01. The highest BCUT2D eigenvalue weighted by Crippen LogP contribution is 2.43. The molecule has 2 aromatic rings. The van der Waals surface area contributed by atoms with Gasteiger partial charge in [-0.3, -0.25) is 4.79 Å². The Morgan fingerprint density at radius 1 is 1.10 bits per heavy atom. The Bertz CT molecular complexity index is 844. The number of esters is 1. The van der Waals surface area contributed by atoms with Crippen LogP contribution in [-0.2, 0) is 20.7 Å². The summed E-state index contributed by atoms with van der Waals surface area (Å²) in [6.07, 6.45) is 3.82. The molecule has 0 N–H and O–H groups in total. The summed E-state index contributed by atoms with van der Waals surface area (Å²) in [4.78, 5) is 12.9. The smallest absolute Gasteiger partial charge is 0.311 e. The lowest BCUT2D eigenvalue weighted by atomic mass is 9.71. The van der Waals surface area contributed by atoms with E-state index < -0.39 is 5.41 Å². The van der Waals surface area contributed by atoms with Gasteiger partial charge in [0.05, 0.1) is 18.6 Å². The maximum atomic E-state index is 12.9. The summed E-state index contributed by atoms with van der Waals surface area (Å²) in [6, 6.07) is 17.3. The highest BCUT2D eigenvalue weighted by molar-refractivity contribution is 5.76. The number of fused-ring (bicyclic) bond motifs is 1. The van der Waals surface area contributed by atoms with Gasteiger partial charge in [0.2, 0.25) is 0 Å². The first-order chi connectivity index (χ1) is 14.4. The minimum absolute atomic E-state index is 0.107. The van der Waals surface area contributed by atoms with Crippen LogP contribution in [0.4, 0.5) is 0 Å². The highest BCUT2D eigenvalue weighted by Gasteiger charge is 2.38. The van der Waals surface area contributed by atoms with Gasteiger partial charge in [-0.25, -0.2) is 0 Å². The molecule has 3 heteroatoms. The van der Waals surface area contributed by atoms with Gasteiger partial charge in [-0.1, -0.05) is 62.4 Å². The molecule has 0 amide bonds. The Kier molecular flexibility index (Phi) is 7.36. The third-order valence-electron chi connectivity index (χ3n) is 6.75. The lowest BCUT2D eigenvalue weighted by Crippen LogP contribution is -2.32. The van der Waals surface area contributed by atoms with Gasteiger partial charge in [0.25, 0.3) is 0 Å². The van der Waals surface area contributed by atoms with Crippen molar-refractivity contribution >= 4 is 5.97 Å². The van der Waals surface area contributed by atoms with Gasteiger partial charge >= 0.3 is 5.97 Å². The van der Waals surface area contributed by atoms with E-state index in [1.165, 1.54) is 29.4 Å². The first-order valence-corrected chi connectivity index (χ1v) is 11.3. The topological polar surface area (TPSA) is 35.5 Å². The number of methoxy groups -OCH3 is 1. The summed E-state index contributed by atoms with van der Waals surface area (Å²) in [5.74, 6) is 0.508. The maximum Gasteiger partial charge on any atom is 0.311 e. The van der Waals surface area contributed by atoms with Crippen LogP contribution in [0.5, 0.6) is 0 Å². The lowest BCUT2D eigenvalue weighted by molar-refractivity contribution is -0.153. The molecular weight excluding hydrogens is 372 g/mol. The third kappa shape index (κ3) is 4.78. The number of rotatable bonds is 10. The average molecular weight is 409 g/mol. The molecule has 162 valence electrons. The second-order valence-corrected chi connectivity index (χ2v) is 8.98. The van der Waals surface area contributed by atoms with Crippen LogP contribution in [0.1, 0.15) is 87.2 Å². The number of carbonyl (C=O) groups is 1. The van der Waals surface area contributed by atoms with Crippen molar-refractivity contribution in [3.8, 4) is 0 Å². The number of hydrogen-bond acceptors (Lipinski definition) is 3. The molecule has 0 saturated carbocycles. The minimum atomic E-state index is -0.526. The molecule has 1 aliphatic rings. The van der Waals surface area contributed by atoms with Crippen LogP contribution >= 0.6 is 0 Å². The number of carbonyl (C=O) groups excluding carboxylic acids is 1. The summed E-state index contributed by atoms with van der Waals surface area (Å²) in [7, 11) is 1.51. The second-order valence-electron chi connectivity index (χ2n) is 8.98. The largest absolute Gasteiger partial charge is 0.469 e. The van der Waals surface area contributed by atoms with E-state index in [2.05, 4.69) is 63.2 Å². The molecule has 0 fully saturated rings. The number of benzene rings is 2. The second kappa shape index (κ2) is 9.78. The fourth-order valence-electron chi connectivity index (χ4n) is 5.01. The zero-order chi connectivity index (χ0) is 21.7. The average Bonchev–Trinajstić information content (AvgIpc) is 2.75. The summed E-state index contributed by atoms with van der Waals surface area (Å²) < 4.78 is 11.0. The van der Waals surface area contributed by atoms with Crippen molar-refractivity contribution in [2.75, 3.05) is 13.7 Å². The van der Waals surface area contributed by atoms with Crippen LogP contribution in [0.2, 0.25) is 0 Å². The fraction of sp³-hybridized carbons (Fsp3) is 0.519. The van der Waals surface area contributed by atoms with E-state index in [9.17, 15) is 4.79 Å². The molecule has 0 spiro atoms. The molecule has 2 aromatic carbocycles. The zero-order valence-electron chi connectivity index (χ0n) is 19.1. The van der Waals surface area contributed by atoms with Crippen LogP contribution < -0.4 is 0 Å². The van der Waals surface area contributed by atoms with E-state index in [0.29, 0.717) is 5.92 Å². The van der Waals surface area contributed by atoms with Gasteiger partial charge in [0.15, 0.2) is 0 Å². The Balaban J connectivity index is 1.77. The Morgan fingerprint density at radius 2 is 1.83 bits per heavy atom. The van der Waals surface area contributed by atoms with Crippen molar-refractivity contribution in [3.05, 3.63) is 70.8 Å². The molecule has 0 radical (unpaired) electrons. The van der Waals surface area contributed by atoms with E-state index in [4.69, 9.17) is 9.47 Å². The van der Waals surface area contributed by atoms with Gasteiger partial charge in [0.1, 0.15) is 0 Å². The minimum Gasteiger partial charge on any atom is -0.469 e. The number of ether oxygens (including phenoxy) is 2. The van der Waals surface area contributed by atoms with Gasteiger partial charge in [-0.15, -0.1) is 0 Å². The molecule has 0 bridgehead atoms. The molecule has 0 aromatic heterocycles. The summed E-state index contributed by atoms with van der Waals surface area (Å²) in [5, 5.41) is 0. The molecule has 0 saturated heterocycles. The molecule has 1 aliphatic carbocycles. The van der Waals surface area contributed by atoms with Crippen LogP contribution in [0.15, 0.2) is 48.5 Å². The van der Waals surface area contributed by atoms with Crippen LogP contribution in [0.3, 0.4) is 0 Å². The monoisotopic (exact) mass is 408 g/mol. The van der Waals surface area contributed by atoms with Crippen molar-refractivity contribution in [1.82, 2.24) is 0 Å². The van der Waals surface area contributed by atoms with Gasteiger partial charge in [0, 0.05) is 13.0 Å². The Labute approximate surface area is 181 Å². The predicted octanol–water partition coefficient (Wildman–Crippen LogP) is 6.58. The van der Waals surface area contributed by atoms with Crippen molar-refractivity contribution in [1.29, 1.82) is 0 Å². The Morgan fingerprint density at radius 3 is 2.43 bits per heavy atom. The highest BCUT2D eigenvalue weighted by atomic mass is 16.5. The summed E-state index contributed by atoms with van der Waals surface area (Å²) in [6.45, 7) is 9.30. The summed E-state index contributed by atoms with van der Waals surface area (Å²) in [5.41, 5.74) is 4.77. The molecule has 4 unspecified atom stereocenters. The van der Waals surface area contributed by atoms with E-state index in [0.717, 1.165) is 32.3 Å². The standard InChI is InChI=1S/C27H36O3/c1-6-20(21-11-9-8-10-12-21)18-27(4,26(28)29-5)17-19(3)22-13-14-24-23(15-22)16-25(24)30-7-2/h8-15,19-20,25H,6-7,16-18H2,1-5H3. The van der Waals surface area contributed by atoms with E-state index in [1.807, 2.05) is 13.0 Å². The van der Waals surface area contributed by atoms with E-state index in [-0.39, 0.29) is 18.0 Å². The van der Waals surface area contributed by atoms with Crippen LogP contribution in [0.25, 0.3) is 0 Å². The van der Waals surface area contributed by atoms with Crippen LogP contribution in [-0.4, -0.2) is 19.7 Å². The lowest BCUT2D eigenvalue weighted by Gasteiger charge is -2.34. The van der Waals surface area contributed by atoms with Gasteiger partial charge in [-0.2, -0.15) is 0 Å². The van der Waals surface area contributed by atoms with Crippen molar-refractivity contribution in [2.45, 2.75) is 71.3 Å². The number of hydrogen-bond donors (Lipinski definition) is 0. The molecule has 0 aliphatic heterocycles. The molecular formula is C27H36O3. The first-order valence-electron chi connectivity index (χ1n) is 11.3. The zero-order valence-corrected chi connectivity index (χ0v) is 19.1. The van der Waals surface area contributed by atoms with E-state index >= 15 is 0 Å². The summed E-state index contributed by atoms with van der Waals surface area (Å²) >= 11 is 0. The quantitative estimate of drug-likeness (QED) is 0.417. The van der Waals surface area contributed by atoms with Crippen molar-refractivity contribution in [2.24, 2.45) is 5.41 Å². The maximum absolute atomic E-state index is 12.9. The van der Waals surface area contributed by atoms with Crippen molar-refractivity contribution in [3.63, 3.8) is 0 Å². The van der Waals surface area contributed by atoms with E-state index in [1.54, 1.807) is 0 Å². The third-order valence-corrected chi connectivity index (χ3v) is 6.75. The van der Waals surface area contributed by atoms with Gasteiger partial charge in [-0.05, 0) is 67.2 Å². The Hall–Kier alpha value is -2.13.